The van der Waals surface area contributed by atoms with E-state index in [2.05, 4.69) is 26.1 Å². The Morgan fingerprint density at radius 1 is 1.11 bits per heavy atom. The average Bonchev–Trinajstić information content (AvgIpc) is 2.29. The van der Waals surface area contributed by atoms with Crippen molar-refractivity contribution in [3.05, 3.63) is 23.2 Å². The minimum Gasteiger partial charge on any atom is -0.489 e. The van der Waals surface area contributed by atoms with Crippen molar-refractivity contribution >= 4 is 17.3 Å². The van der Waals surface area contributed by atoms with Crippen molar-refractivity contribution in [2.75, 3.05) is 5.32 Å². The summed E-state index contributed by atoms with van der Waals surface area (Å²) in [7, 11) is 0. The number of hydrogen-bond donors (Lipinski definition) is 1. The Balaban J connectivity index is 2.58. The molecule has 1 unspecified atom stereocenters. The van der Waals surface area contributed by atoms with E-state index in [0.717, 1.165) is 17.4 Å². The summed E-state index contributed by atoms with van der Waals surface area (Å²) in [6.07, 6.45) is 2.54. The largest absolute Gasteiger partial charge is 0.489 e. The lowest BCUT2D eigenvalue weighted by Crippen LogP contribution is -2.15. The number of halogens is 1. The molecule has 0 heterocycles. The highest BCUT2D eigenvalue weighted by atomic mass is 35.5. The molecule has 0 fully saturated rings. The third-order valence-corrected chi connectivity index (χ3v) is 3.18. The van der Waals surface area contributed by atoms with E-state index in [9.17, 15) is 0 Å². The molecule has 0 aromatic heterocycles. The predicted octanol–water partition coefficient (Wildman–Crippen LogP) is 5.36. The first-order valence-electron chi connectivity index (χ1n) is 7.11. The summed E-state index contributed by atoms with van der Waals surface area (Å²) in [5, 5.41) is 4.14. The SMILES string of the molecule is CC(C)CCC(C)Nc1ccc(OC(C)C)c(Cl)c1. The van der Waals surface area contributed by atoms with Crippen LogP contribution < -0.4 is 10.1 Å². The van der Waals surface area contributed by atoms with Crippen molar-refractivity contribution in [1.29, 1.82) is 0 Å². The Labute approximate surface area is 122 Å². The lowest BCUT2D eigenvalue weighted by molar-refractivity contribution is 0.242. The first-order valence-corrected chi connectivity index (χ1v) is 7.49. The van der Waals surface area contributed by atoms with Gasteiger partial charge in [0.25, 0.3) is 0 Å². The van der Waals surface area contributed by atoms with Crippen molar-refractivity contribution in [1.82, 2.24) is 0 Å². The van der Waals surface area contributed by atoms with Crippen molar-refractivity contribution in [2.45, 2.75) is 59.6 Å². The van der Waals surface area contributed by atoms with E-state index >= 15 is 0 Å². The highest BCUT2D eigenvalue weighted by Crippen LogP contribution is 2.29. The second-order valence-electron chi connectivity index (χ2n) is 5.83. The topological polar surface area (TPSA) is 21.3 Å². The molecule has 0 saturated carbocycles. The van der Waals surface area contributed by atoms with Crippen LogP contribution in [0.4, 0.5) is 5.69 Å². The van der Waals surface area contributed by atoms with Crippen LogP contribution in [-0.4, -0.2) is 12.1 Å². The summed E-state index contributed by atoms with van der Waals surface area (Å²) >= 11 is 6.22. The van der Waals surface area contributed by atoms with Gasteiger partial charge >= 0.3 is 0 Å². The molecule has 0 saturated heterocycles. The van der Waals surface area contributed by atoms with Crippen LogP contribution in [0.2, 0.25) is 5.02 Å². The lowest BCUT2D eigenvalue weighted by Gasteiger charge is -2.18. The maximum absolute atomic E-state index is 6.22. The molecule has 0 radical (unpaired) electrons. The molecule has 19 heavy (non-hydrogen) atoms. The van der Waals surface area contributed by atoms with E-state index in [1.807, 2.05) is 32.0 Å². The zero-order valence-electron chi connectivity index (χ0n) is 12.7. The molecule has 0 aliphatic heterocycles. The van der Waals surface area contributed by atoms with Gasteiger partial charge in [-0.05, 0) is 57.7 Å². The first kappa shape index (κ1) is 16.2. The Hall–Kier alpha value is -0.890. The standard InChI is InChI=1S/C16H26ClNO/c1-11(2)6-7-13(5)18-14-8-9-16(15(17)10-14)19-12(3)4/h8-13,18H,6-7H2,1-5H3. The fourth-order valence-electron chi connectivity index (χ4n) is 1.88. The fourth-order valence-corrected chi connectivity index (χ4v) is 2.11. The van der Waals surface area contributed by atoms with Gasteiger partial charge in [-0.2, -0.15) is 0 Å². The molecule has 1 aromatic carbocycles. The van der Waals surface area contributed by atoms with Crippen molar-refractivity contribution in [2.24, 2.45) is 5.92 Å². The second-order valence-corrected chi connectivity index (χ2v) is 6.24. The minimum atomic E-state index is 0.140. The molecule has 0 bridgehead atoms. The normalized spacial score (nSPS) is 12.8. The van der Waals surface area contributed by atoms with Crippen LogP contribution in [0.5, 0.6) is 5.75 Å². The Morgan fingerprint density at radius 3 is 2.32 bits per heavy atom. The molecule has 0 aliphatic rings. The molecule has 0 spiro atoms. The second kappa shape index (κ2) is 7.64. The molecule has 1 atom stereocenters. The Morgan fingerprint density at radius 2 is 1.79 bits per heavy atom. The highest BCUT2D eigenvalue weighted by molar-refractivity contribution is 6.32. The number of nitrogens with one attached hydrogen (secondary N) is 1. The van der Waals surface area contributed by atoms with Crippen molar-refractivity contribution in [3.63, 3.8) is 0 Å². The van der Waals surface area contributed by atoms with Crippen molar-refractivity contribution in [3.8, 4) is 5.75 Å². The van der Waals surface area contributed by atoms with Crippen LogP contribution in [0.25, 0.3) is 0 Å². The smallest absolute Gasteiger partial charge is 0.138 e. The van der Waals surface area contributed by atoms with Gasteiger partial charge in [0.15, 0.2) is 0 Å². The molecular formula is C16H26ClNO. The average molecular weight is 284 g/mol. The van der Waals surface area contributed by atoms with E-state index < -0.39 is 0 Å². The summed E-state index contributed by atoms with van der Waals surface area (Å²) in [6, 6.07) is 6.34. The van der Waals surface area contributed by atoms with E-state index in [0.29, 0.717) is 11.1 Å². The molecule has 108 valence electrons. The quantitative estimate of drug-likeness (QED) is 0.727. The first-order chi connectivity index (χ1) is 8.88. The van der Waals surface area contributed by atoms with Gasteiger partial charge in [0.1, 0.15) is 5.75 Å². The number of anilines is 1. The van der Waals surface area contributed by atoms with Crippen LogP contribution in [0.3, 0.4) is 0 Å². The molecule has 1 rings (SSSR count). The molecule has 0 amide bonds. The Kier molecular flexibility index (Phi) is 6.50. The van der Waals surface area contributed by atoms with Gasteiger partial charge in [-0.25, -0.2) is 0 Å². The number of rotatable bonds is 7. The zero-order valence-corrected chi connectivity index (χ0v) is 13.4. The van der Waals surface area contributed by atoms with Crippen LogP contribution in [0.15, 0.2) is 18.2 Å². The third-order valence-electron chi connectivity index (χ3n) is 2.88. The third kappa shape index (κ3) is 6.20. The predicted molar refractivity (Wildman–Crippen MR) is 84.4 cm³/mol. The number of benzene rings is 1. The van der Waals surface area contributed by atoms with Crippen molar-refractivity contribution < 1.29 is 4.74 Å². The van der Waals surface area contributed by atoms with Crippen LogP contribution in [0, 0.1) is 5.92 Å². The van der Waals surface area contributed by atoms with E-state index in [1.54, 1.807) is 0 Å². The van der Waals surface area contributed by atoms with Gasteiger partial charge in [-0.3, -0.25) is 0 Å². The zero-order chi connectivity index (χ0) is 14.4. The molecule has 1 N–H and O–H groups in total. The molecule has 1 aromatic rings. The maximum atomic E-state index is 6.22. The van der Waals surface area contributed by atoms with E-state index in [1.165, 1.54) is 12.8 Å². The van der Waals surface area contributed by atoms with Gasteiger partial charge in [0.05, 0.1) is 11.1 Å². The monoisotopic (exact) mass is 283 g/mol. The fraction of sp³-hybridized carbons (Fsp3) is 0.625. The van der Waals surface area contributed by atoms with Gasteiger partial charge in [0.2, 0.25) is 0 Å². The molecular weight excluding hydrogens is 258 g/mol. The summed E-state index contributed by atoms with van der Waals surface area (Å²) < 4.78 is 5.62. The molecule has 2 nitrogen and oxygen atoms in total. The summed E-state index contributed by atoms with van der Waals surface area (Å²) in [5.74, 6) is 1.49. The van der Waals surface area contributed by atoms with Crippen LogP contribution >= 0.6 is 11.6 Å². The number of hydrogen-bond acceptors (Lipinski definition) is 2. The summed E-state index contributed by atoms with van der Waals surface area (Å²) in [6.45, 7) is 10.7. The summed E-state index contributed by atoms with van der Waals surface area (Å²) in [4.78, 5) is 0. The lowest BCUT2D eigenvalue weighted by atomic mass is 10.0. The van der Waals surface area contributed by atoms with Crippen LogP contribution in [0.1, 0.15) is 47.5 Å². The maximum Gasteiger partial charge on any atom is 0.138 e. The van der Waals surface area contributed by atoms with E-state index in [-0.39, 0.29) is 6.10 Å². The van der Waals surface area contributed by atoms with Gasteiger partial charge in [-0.15, -0.1) is 0 Å². The Bertz CT molecular complexity index is 390. The number of ether oxygens (including phenoxy) is 1. The van der Waals surface area contributed by atoms with Gasteiger partial charge in [-0.1, -0.05) is 25.4 Å². The molecule has 3 heteroatoms. The van der Waals surface area contributed by atoms with Gasteiger partial charge < -0.3 is 10.1 Å². The summed E-state index contributed by atoms with van der Waals surface area (Å²) in [5.41, 5.74) is 1.05. The minimum absolute atomic E-state index is 0.140. The molecule has 0 aliphatic carbocycles. The van der Waals surface area contributed by atoms with Gasteiger partial charge in [0, 0.05) is 11.7 Å². The van der Waals surface area contributed by atoms with E-state index in [4.69, 9.17) is 16.3 Å². The van der Waals surface area contributed by atoms with Crippen LogP contribution in [-0.2, 0) is 0 Å². The highest BCUT2D eigenvalue weighted by Gasteiger charge is 2.07.